The summed E-state index contributed by atoms with van der Waals surface area (Å²) in [5, 5.41) is 9.86. The molecule has 0 amide bonds. The number of fused-ring (bicyclic) bond motifs is 9. The van der Waals surface area contributed by atoms with Crippen molar-refractivity contribution in [3.63, 3.8) is 0 Å². The predicted octanol–water partition coefficient (Wildman–Crippen LogP) is 11.7. The number of hydrogen-bond acceptors (Lipinski definition) is 3. The summed E-state index contributed by atoms with van der Waals surface area (Å²) in [5.41, 5.74) is 6.56. The number of benzene rings is 7. The molecule has 1 aromatic heterocycles. The first-order chi connectivity index (χ1) is 23.3. The lowest BCUT2D eigenvalue weighted by Gasteiger charge is -2.32. The molecule has 8 aromatic rings. The van der Waals surface area contributed by atoms with Gasteiger partial charge in [-0.15, -0.1) is 0 Å². The van der Waals surface area contributed by atoms with Crippen LogP contribution in [0.4, 0.5) is 0 Å². The van der Waals surface area contributed by atoms with Gasteiger partial charge in [-0.2, -0.15) is 0 Å². The molecule has 7 aromatic carbocycles. The van der Waals surface area contributed by atoms with E-state index in [2.05, 4.69) is 143 Å². The van der Waals surface area contributed by atoms with E-state index >= 15 is 0 Å². The molecule has 0 spiro atoms. The molecule has 3 nitrogen and oxygen atoms in total. The summed E-state index contributed by atoms with van der Waals surface area (Å²) in [6, 6.07) is 45.8. The Kier molecular flexibility index (Phi) is 7.21. The van der Waals surface area contributed by atoms with Gasteiger partial charge in [0.1, 0.15) is 11.2 Å². The summed E-state index contributed by atoms with van der Waals surface area (Å²) in [5.74, 6) is 0. The Morgan fingerprint density at radius 2 is 0.875 bits per heavy atom. The Bertz CT molecular complexity index is 2440. The molecule has 0 saturated carbocycles. The molecule has 9 rings (SSSR count). The molecule has 0 atom stereocenters. The minimum atomic E-state index is -0.463. The summed E-state index contributed by atoms with van der Waals surface area (Å²) in [4.78, 5) is 0. The minimum absolute atomic E-state index is 0.418. The molecule has 0 bridgehead atoms. The van der Waals surface area contributed by atoms with Crippen molar-refractivity contribution in [1.82, 2.24) is 0 Å². The van der Waals surface area contributed by atoms with E-state index < -0.39 is 18.3 Å². The van der Waals surface area contributed by atoms with Crippen LogP contribution in [-0.4, -0.2) is 18.3 Å². The van der Waals surface area contributed by atoms with Crippen LogP contribution in [0.25, 0.3) is 76.5 Å². The molecule has 2 heterocycles. The Hall–Kier alpha value is -4.90. The van der Waals surface area contributed by atoms with Gasteiger partial charge >= 0.3 is 7.12 Å². The smallest absolute Gasteiger partial charge is 0.456 e. The van der Waals surface area contributed by atoms with E-state index in [0.717, 1.165) is 38.5 Å². The zero-order valence-electron chi connectivity index (χ0n) is 28.4. The van der Waals surface area contributed by atoms with Crippen LogP contribution in [0.3, 0.4) is 0 Å². The van der Waals surface area contributed by atoms with Gasteiger partial charge in [-0.05, 0) is 112 Å². The third kappa shape index (κ3) is 4.74. The maximum absolute atomic E-state index is 6.45. The lowest BCUT2D eigenvalue weighted by molar-refractivity contribution is 0.00578. The molecule has 0 radical (unpaired) electrons. The average Bonchev–Trinajstić information content (AvgIpc) is 3.60. The van der Waals surface area contributed by atoms with Crippen molar-refractivity contribution in [2.24, 2.45) is 0 Å². The summed E-state index contributed by atoms with van der Waals surface area (Å²) >= 11 is 0. The van der Waals surface area contributed by atoms with Gasteiger partial charge in [-0.1, -0.05) is 117 Å². The van der Waals surface area contributed by atoms with Gasteiger partial charge in [-0.25, -0.2) is 0 Å². The summed E-state index contributed by atoms with van der Waals surface area (Å²) < 4.78 is 19.2. The van der Waals surface area contributed by atoms with Crippen molar-refractivity contribution >= 4 is 66.8 Å². The zero-order chi connectivity index (χ0) is 33.2. The highest BCUT2D eigenvalue weighted by atomic mass is 16.7. The van der Waals surface area contributed by atoms with Crippen LogP contribution in [0.5, 0.6) is 0 Å². The Morgan fingerprint density at radius 1 is 0.417 bits per heavy atom. The van der Waals surface area contributed by atoms with Gasteiger partial charge in [0, 0.05) is 10.8 Å². The summed E-state index contributed by atoms with van der Waals surface area (Å²) in [6.07, 6.45) is 0. The first-order valence-electron chi connectivity index (χ1n) is 17.0. The van der Waals surface area contributed by atoms with Crippen molar-refractivity contribution < 1.29 is 13.7 Å². The van der Waals surface area contributed by atoms with Crippen LogP contribution < -0.4 is 5.46 Å². The van der Waals surface area contributed by atoms with E-state index in [1.54, 1.807) is 0 Å². The minimum Gasteiger partial charge on any atom is -0.456 e. The normalized spacial score (nSPS) is 15.4. The van der Waals surface area contributed by atoms with E-state index in [1.165, 1.54) is 43.4 Å². The largest absolute Gasteiger partial charge is 0.495 e. The predicted molar refractivity (Wildman–Crippen MR) is 204 cm³/mol. The number of furan rings is 1. The second-order valence-electron chi connectivity index (χ2n) is 13.6. The van der Waals surface area contributed by atoms with Gasteiger partial charge in [0.15, 0.2) is 0 Å². The molecule has 1 aliphatic rings. The SMILES string of the molecule is CC.CC1(C)OB(c2cccc3oc4ccc(-c5ccc(-c6ccc7c8ccccc8c8ccccc8c7c6)cc5)cc4c23)OC1(C)C. The van der Waals surface area contributed by atoms with E-state index in [1.807, 2.05) is 26.0 Å². The monoisotopic (exact) mass is 626 g/mol. The third-order valence-corrected chi connectivity index (χ3v) is 10.3. The molecule has 236 valence electrons. The average molecular weight is 627 g/mol. The van der Waals surface area contributed by atoms with Crippen LogP contribution >= 0.6 is 0 Å². The van der Waals surface area contributed by atoms with Gasteiger partial charge in [0.2, 0.25) is 0 Å². The molecule has 0 aliphatic carbocycles. The summed E-state index contributed by atoms with van der Waals surface area (Å²) in [6.45, 7) is 12.4. The highest BCUT2D eigenvalue weighted by Gasteiger charge is 2.52. The topological polar surface area (TPSA) is 31.6 Å². The quantitative estimate of drug-likeness (QED) is 0.144. The van der Waals surface area contributed by atoms with Crippen molar-refractivity contribution in [2.75, 3.05) is 0 Å². The second kappa shape index (κ2) is 11.4. The Balaban J connectivity index is 0.00000165. The number of hydrogen-bond donors (Lipinski definition) is 0. The van der Waals surface area contributed by atoms with Crippen LogP contribution in [0.2, 0.25) is 0 Å². The molecule has 1 aliphatic heterocycles. The van der Waals surface area contributed by atoms with Crippen molar-refractivity contribution in [1.29, 1.82) is 0 Å². The van der Waals surface area contributed by atoms with E-state index in [-0.39, 0.29) is 0 Å². The fraction of sp³-hybridized carbons (Fsp3) is 0.182. The van der Waals surface area contributed by atoms with Crippen LogP contribution in [0.15, 0.2) is 132 Å². The molecule has 0 unspecified atom stereocenters. The van der Waals surface area contributed by atoms with Gasteiger partial charge in [-0.3, -0.25) is 0 Å². The van der Waals surface area contributed by atoms with Gasteiger partial charge < -0.3 is 13.7 Å². The Morgan fingerprint density at radius 3 is 1.44 bits per heavy atom. The van der Waals surface area contributed by atoms with Crippen LogP contribution in [-0.2, 0) is 9.31 Å². The fourth-order valence-corrected chi connectivity index (χ4v) is 7.14. The highest BCUT2D eigenvalue weighted by molar-refractivity contribution is 6.66. The maximum Gasteiger partial charge on any atom is 0.495 e. The second-order valence-corrected chi connectivity index (χ2v) is 13.6. The molecule has 0 N–H and O–H groups in total. The van der Waals surface area contributed by atoms with Crippen LogP contribution in [0, 0.1) is 0 Å². The molecule has 4 heteroatoms. The van der Waals surface area contributed by atoms with E-state index in [9.17, 15) is 0 Å². The molecular weight excluding hydrogens is 587 g/mol. The summed E-state index contributed by atoms with van der Waals surface area (Å²) in [7, 11) is -0.463. The molecule has 1 saturated heterocycles. The molecular formula is C44H39BO3. The standard InChI is InChI=1S/C42H33BO3.C2H6/c1-41(2)42(3,4)46-43(45-41)37-14-9-15-39-40(37)36-25-29(21-23-38(36)44-39)27-18-16-26(17-19-27)28-20-22-34-32-12-6-5-10-30(32)31-11-7-8-13-33(31)35(34)24-28;1-2/h5-25H,1-4H3;1-2H3. The van der Waals surface area contributed by atoms with Gasteiger partial charge in [0.05, 0.1) is 11.2 Å². The fourth-order valence-electron chi connectivity index (χ4n) is 7.14. The lowest BCUT2D eigenvalue weighted by Crippen LogP contribution is -2.41. The Labute approximate surface area is 282 Å². The van der Waals surface area contributed by atoms with Crippen LogP contribution in [0.1, 0.15) is 41.5 Å². The van der Waals surface area contributed by atoms with E-state index in [0.29, 0.717) is 0 Å². The highest BCUT2D eigenvalue weighted by Crippen LogP contribution is 2.40. The first kappa shape index (κ1) is 30.4. The maximum atomic E-state index is 6.45. The van der Waals surface area contributed by atoms with Crippen molar-refractivity contribution in [3.8, 4) is 22.3 Å². The zero-order valence-corrected chi connectivity index (χ0v) is 28.4. The third-order valence-electron chi connectivity index (χ3n) is 10.3. The molecule has 1 fully saturated rings. The van der Waals surface area contributed by atoms with Crippen molar-refractivity contribution in [3.05, 3.63) is 127 Å². The first-order valence-corrected chi connectivity index (χ1v) is 17.0. The van der Waals surface area contributed by atoms with Crippen molar-refractivity contribution in [2.45, 2.75) is 52.7 Å². The van der Waals surface area contributed by atoms with E-state index in [4.69, 9.17) is 13.7 Å². The lowest BCUT2D eigenvalue weighted by atomic mass is 9.76. The molecule has 48 heavy (non-hydrogen) atoms. The van der Waals surface area contributed by atoms with Gasteiger partial charge in [0.25, 0.3) is 0 Å². The number of rotatable bonds is 3.